The molecule has 31 heavy (non-hydrogen) atoms. The van der Waals surface area contributed by atoms with Crippen molar-refractivity contribution in [2.45, 2.75) is 18.9 Å². The highest BCUT2D eigenvalue weighted by atomic mass is 19.1. The molecule has 0 aliphatic carbocycles. The fourth-order valence-corrected chi connectivity index (χ4v) is 5.02. The minimum absolute atomic E-state index is 0.00437. The lowest BCUT2D eigenvalue weighted by molar-refractivity contribution is 0.310. The molecule has 1 aromatic carbocycles. The van der Waals surface area contributed by atoms with Crippen molar-refractivity contribution in [2.75, 3.05) is 18.0 Å². The normalized spacial score (nSPS) is 18.3. The molecule has 6 rings (SSSR count). The smallest absolute Gasteiger partial charge is 0.225 e. The van der Waals surface area contributed by atoms with Crippen LogP contribution in [0.2, 0.25) is 0 Å². The topological polar surface area (TPSA) is 64.7 Å². The average molecular weight is 415 g/mol. The summed E-state index contributed by atoms with van der Waals surface area (Å²) < 4.78 is 18.7. The number of hydrogen-bond donors (Lipinski definition) is 0. The summed E-state index contributed by atoms with van der Waals surface area (Å²) in [6.07, 6.45) is 13.0. The van der Waals surface area contributed by atoms with Crippen LogP contribution in [-0.2, 0) is 7.05 Å². The second kappa shape index (κ2) is 7.01. The Morgan fingerprint density at radius 1 is 1.00 bits per heavy atom. The Labute approximate surface area is 179 Å². The Kier molecular flexibility index (Phi) is 4.12. The predicted molar refractivity (Wildman–Crippen MR) is 115 cm³/mol. The van der Waals surface area contributed by atoms with Gasteiger partial charge < -0.3 is 9.47 Å². The summed E-state index contributed by atoms with van der Waals surface area (Å²) in [5, 5.41) is 4.20. The van der Waals surface area contributed by atoms with E-state index in [2.05, 4.69) is 29.5 Å². The van der Waals surface area contributed by atoms with E-state index in [9.17, 15) is 4.39 Å². The van der Waals surface area contributed by atoms with Crippen molar-refractivity contribution in [3.8, 4) is 22.4 Å². The minimum atomic E-state index is -0.122. The maximum absolute atomic E-state index is 14.8. The maximum Gasteiger partial charge on any atom is 0.225 e. The van der Waals surface area contributed by atoms with Crippen LogP contribution in [0.1, 0.15) is 24.4 Å². The lowest BCUT2D eigenvalue weighted by atomic mass is 9.85. The standard InChI is InChI=1S/C23H22FN7/c1-29-13-17(11-28-29)16-9-26-23(27-10-16)30-7-5-15(6-8-30)22-21-18(3-2-4-19(21)24)20-12-25-14-31(20)22/h2-4,9-15,22H,5-8H2,1H3. The lowest BCUT2D eigenvalue weighted by Gasteiger charge is -2.35. The summed E-state index contributed by atoms with van der Waals surface area (Å²) in [6, 6.07) is 5.35. The third-order valence-electron chi connectivity index (χ3n) is 6.54. The van der Waals surface area contributed by atoms with Gasteiger partial charge in [0.1, 0.15) is 5.82 Å². The lowest BCUT2D eigenvalue weighted by Crippen LogP contribution is -2.37. The van der Waals surface area contributed by atoms with Crippen molar-refractivity contribution < 1.29 is 4.39 Å². The summed E-state index contributed by atoms with van der Waals surface area (Å²) in [5.74, 6) is 0.965. The number of hydrogen-bond acceptors (Lipinski definition) is 5. The van der Waals surface area contributed by atoms with E-state index in [1.807, 2.05) is 50.4 Å². The van der Waals surface area contributed by atoms with Crippen molar-refractivity contribution in [1.82, 2.24) is 29.3 Å². The van der Waals surface area contributed by atoms with Gasteiger partial charge in [-0.15, -0.1) is 0 Å². The molecule has 4 aromatic rings. The molecule has 5 heterocycles. The number of aryl methyl sites for hydroxylation is 1. The van der Waals surface area contributed by atoms with E-state index in [1.54, 1.807) is 16.8 Å². The second-order valence-corrected chi connectivity index (χ2v) is 8.33. The largest absolute Gasteiger partial charge is 0.341 e. The van der Waals surface area contributed by atoms with Crippen molar-refractivity contribution in [2.24, 2.45) is 13.0 Å². The average Bonchev–Trinajstić information content (AvgIpc) is 3.51. The number of piperidine rings is 1. The van der Waals surface area contributed by atoms with Gasteiger partial charge in [-0.2, -0.15) is 5.10 Å². The molecule has 156 valence electrons. The Morgan fingerprint density at radius 2 is 1.81 bits per heavy atom. The van der Waals surface area contributed by atoms with Crippen LogP contribution < -0.4 is 4.90 Å². The molecule has 0 radical (unpaired) electrons. The molecular weight excluding hydrogens is 393 g/mol. The number of halogens is 1. The first kappa shape index (κ1) is 18.2. The number of anilines is 1. The van der Waals surface area contributed by atoms with Gasteiger partial charge in [-0.05, 0) is 24.8 Å². The Hall–Kier alpha value is -3.55. The molecular formula is C23H22FN7. The number of aromatic nitrogens is 6. The molecule has 1 fully saturated rings. The van der Waals surface area contributed by atoms with Crippen molar-refractivity contribution >= 4 is 5.95 Å². The van der Waals surface area contributed by atoms with Gasteiger partial charge in [0.15, 0.2) is 0 Å². The molecule has 1 unspecified atom stereocenters. The van der Waals surface area contributed by atoms with E-state index in [0.717, 1.165) is 59.8 Å². The molecule has 0 amide bonds. The first-order valence-electron chi connectivity index (χ1n) is 10.6. The molecule has 0 spiro atoms. The van der Waals surface area contributed by atoms with Crippen LogP contribution in [0.5, 0.6) is 0 Å². The van der Waals surface area contributed by atoms with Crippen LogP contribution in [0.4, 0.5) is 10.3 Å². The molecule has 3 aromatic heterocycles. The molecule has 1 saturated heterocycles. The summed E-state index contributed by atoms with van der Waals surface area (Å²) in [7, 11) is 1.89. The monoisotopic (exact) mass is 415 g/mol. The highest BCUT2D eigenvalue weighted by Crippen LogP contribution is 2.46. The number of benzene rings is 1. The zero-order valence-electron chi connectivity index (χ0n) is 17.2. The summed E-state index contributed by atoms with van der Waals surface area (Å²) in [5.41, 5.74) is 4.76. The van der Waals surface area contributed by atoms with Crippen LogP contribution in [0.3, 0.4) is 0 Å². The highest BCUT2D eigenvalue weighted by Gasteiger charge is 2.38. The van der Waals surface area contributed by atoms with Gasteiger partial charge in [0, 0.05) is 61.0 Å². The summed E-state index contributed by atoms with van der Waals surface area (Å²) >= 11 is 0. The molecule has 7 nitrogen and oxygen atoms in total. The van der Waals surface area contributed by atoms with Gasteiger partial charge in [-0.25, -0.2) is 19.3 Å². The van der Waals surface area contributed by atoms with Crippen molar-refractivity contribution in [3.05, 3.63) is 66.9 Å². The predicted octanol–water partition coefficient (Wildman–Crippen LogP) is 3.70. The Balaban J connectivity index is 1.20. The van der Waals surface area contributed by atoms with Crippen LogP contribution in [0.25, 0.3) is 22.4 Å². The summed E-state index contributed by atoms with van der Waals surface area (Å²) in [6.45, 7) is 1.70. The van der Waals surface area contributed by atoms with Crippen molar-refractivity contribution in [1.29, 1.82) is 0 Å². The van der Waals surface area contributed by atoms with E-state index >= 15 is 0 Å². The van der Waals surface area contributed by atoms with Crippen LogP contribution in [0, 0.1) is 11.7 Å². The zero-order chi connectivity index (χ0) is 20.9. The first-order valence-corrected chi connectivity index (χ1v) is 10.6. The van der Waals surface area contributed by atoms with E-state index in [-0.39, 0.29) is 11.9 Å². The number of rotatable bonds is 3. The van der Waals surface area contributed by atoms with E-state index < -0.39 is 0 Å². The molecule has 0 N–H and O–H groups in total. The van der Waals surface area contributed by atoms with Gasteiger partial charge in [-0.3, -0.25) is 4.68 Å². The second-order valence-electron chi connectivity index (χ2n) is 8.33. The molecule has 0 saturated carbocycles. The van der Waals surface area contributed by atoms with Crippen molar-refractivity contribution in [3.63, 3.8) is 0 Å². The van der Waals surface area contributed by atoms with Gasteiger partial charge in [0.2, 0.25) is 5.95 Å². The SMILES string of the molecule is Cn1cc(-c2cnc(N3CCC(C4c5c(F)cccc5-c5cncn54)CC3)nc2)cn1. The quantitative estimate of drug-likeness (QED) is 0.511. The molecule has 8 heteroatoms. The third-order valence-corrected chi connectivity index (χ3v) is 6.54. The van der Waals surface area contributed by atoms with Crippen LogP contribution >= 0.6 is 0 Å². The molecule has 2 aliphatic rings. The van der Waals surface area contributed by atoms with Gasteiger partial charge in [0.05, 0.1) is 30.5 Å². The molecule has 1 atom stereocenters. The fraction of sp³-hybridized carbons (Fsp3) is 0.304. The molecule has 2 aliphatic heterocycles. The van der Waals surface area contributed by atoms with Gasteiger partial charge >= 0.3 is 0 Å². The fourth-order valence-electron chi connectivity index (χ4n) is 5.02. The zero-order valence-corrected chi connectivity index (χ0v) is 17.2. The number of nitrogens with zero attached hydrogens (tertiary/aromatic N) is 7. The third kappa shape index (κ3) is 2.93. The number of imidazole rings is 1. The maximum atomic E-state index is 14.8. The highest BCUT2D eigenvalue weighted by molar-refractivity contribution is 5.69. The minimum Gasteiger partial charge on any atom is -0.341 e. The summed E-state index contributed by atoms with van der Waals surface area (Å²) in [4.78, 5) is 15.7. The van der Waals surface area contributed by atoms with Gasteiger partial charge in [0.25, 0.3) is 0 Å². The first-order chi connectivity index (χ1) is 15.2. The molecule has 0 bridgehead atoms. The van der Waals surface area contributed by atoms with E-state index in [4.69, 9.17) is 0 Å². The Morgan fingerprint density at radius 3 is 2.55 bits per heavy atom. The number of fused-ring (bicyclic) bond motifs is 3. The Bertz CT molecular complexity index is 1240. The van der Waals surface area contributed by atoms with Crippen LogP contribution in [0.15, 0.2) is 55.5 Å². The van der Waals surface area contributed by atoms with Crippen LogP contribution in [-0.4, -0.2) is 42.4 Å². The van der Waals surface area contributed by atoms with E-state index in [1.165, 1.54) is 0 Å². The van der Waals surface area contributed by atoms with E-state index in [0.29, 0.717) is 5.92 Å². The van der Waals surface area contributed by atoms with Gasteiger partial charge in [-0.1, -0.05) is 12.1 Å².